The van der Waals surface area contributed by atoms with E-state index in [1.54, 1.807) is 12.1 Å². The van der Waals surface area contributed by atoms with E-state index in [0.29, 0.717) is 0 Å². The number of nitro groups is 1. The van der Waals surface area contributed by atoms with Crippen LogP contribution < -0.4 is 0 Å². The largest absolute Gasteiger partial charge is 0.269 e. The molecule has 1 heterocycles. The van der Waals surface area contributed by atoms with E-state index in [4.69, 9.17) is 0 Å². The number of nitrogens with zero attached hydrogens (tertiary/aromatic N) is 3. The smallest absolute Gasteiger partial charge is 0.258 e. The van der Waals surface area contributed by atoms with Gasteiger partial charge in [0, 0.05) is 17.7 Å². The summed E-state index contributed by atoms with van der Waals surface area (Å²) in [5, 5.41) is 21.4. The summed E-state index contributed by atoms with van der Waals surface area (Å²) >= 11 is 0. The van der Waals surface area contributed by atoms with Gasteiger partial charge in [-0.2, -0.15) is 15.4 Å². The highest BCUT2D eigenvalue weighted by atomic mass is 16.6. The third-order valence-corrected chi connectivity index (χ3v) is 2.74. The van der Waals surface area contributed by atoms with Crippen molar-refractivity contribution in [1.29, 1.82) is 0 Å². The topological polar surface area (TPSA) is 84.7 Å². The first-order valence-corrected chi connectivity index (χ1v) is 5.87. The third kappa shape index (κ3) is 2.53. The maximum Gasteiger partial charge on any atom is 0.269 e. The average Bonchev–Trinajstić information content (AvgIpc) is 2.84. The lowest BCUT2D eigenvalue weighted by molar-refractivity contribution is -0.384. The molecule has 0 bridgehead atoms. The molecule has 0 aliphatic rings. The Labute approximate surface area is 104 Å². The number of hydrogen-bond donors (Lipinski definition) is 1. The van der Waals surface area contributed by atoms with Crippen molar-refractivity contribution in [3.05, 3.63) is 40.1 Å². The van der Waals surface area contributed by atoms with Crippen LogP contribution in [-0.4, -0.2) is 20.3 Å². The van der Waals surface area contributed by atoms with Gasteiger partial charge < -0.3 is 0 Å². The number of aromatic amines is 1. The van der Waals surface area contributed by atoms with E-state index in [1.165, 1.54) is 12.1 Å². The maximum atomic E-state index is 10.6. The predicted octanol–water partition coefficient (Wildman–Crippen LogP) is 2.72. The molecule has 0 radical (unpaired) electrons. The van der Waals surface area contributed by atoms with Crippen LogP contribution in [0.4, 0.5) is 5.69 Å². The van der Waals surface area contributed by atoms with Gasteiger partial charge in [-0.05, 0) is 25.0 Å². The Morgan fingerprint density at radius 3 is 2.61 bits per heavy atom. The van der Waals surface area contributed by atoms with Gasteiger partial charge >= 0.3 is 0 Å². The van der Waals surface area contributed by atoms with Gasteiger partial charge in [0.1, 0.15) is 5.69 Å². The van der Waals surface area contributed by atoms with Crippen LogP contribution in [0.25, 0.3) is 11.3 Å². The summed E-state index contributed by atoms with van der Waals surface area (Å²) in [6.07, 6.45) is 3.00. The Kier molecular flexibility index (Phi) is 3.66. The molecular weight excluding hydrogens is 232 g/mol. The fourth-order valence-electron chi connectivity index (χ4n) is 1.74. The SMILES string of the molecule is CCCCc1n[nH]nc1-c1ccc([N+](=O)[O-])cc1. The van der Waals surface area contributed by atoms with E-state index in [-0.39, 0.29) is 5.69 Å². The minimum Gasteiger partial charge on any atom is -0.258 e. The first-order chi connectivity index (χ1) is 8.72. The van der Waals surface area contributed by atoms with Crippen molar-refractivity contribution in [3.63, 3.8) is 0 Å². The number of non-ortho nitro benzene ring substituents is 1. The van der Waals surface area contributed by atoms with Crippen LogP contribution in [0.1, 0.15) is 25.5 Å². The monoisotopic (exact) mass is 246 g/mol. The lowest BCUT2D eigenvalue weighted by Crippen LogP contribution is -1.91. The molecule has 0 aliphatic heterocycles. The fraction of sp³-hybridized carbons (Fsp3) is 0.333. The van der Waals surface area contributed by atoms with Crippen molar-refractivity contribution >= 4 is 5.69 Å². The molecule has 94 valence electrons. The van der Waals surface area contributed by atoms with Crippen LogP contribution in [0, 0.1) is 10.1 Å². The molecule has 6 nitrogen and oxygen atoms in total. The van der Waals surface area contributed by atoms with E-state index in [0.717, 1.165) is 36.2 Å². The fourth-order valence-corrected chi connectivity index (χ4v) is 1.74. The normalized spacial score (nSPS) is 10.5. The third-order valence-electron chi connectivity index (χ3n) is 2.74. The minimum atomic E-state index is -0.412. The molecule has 0 saturated heterocycles. The molecule has 0 unspecified atom stereocenters. The zero-order chi connectivity index (χ0) is 13.0. The lowest BCUT2D eigenvalue weighted by atomic mass is 10.1. The summed E-state index contributed by atoms with van der Waals surface area (Å²) in [6, 6.07) is 6.36. The van der Waals surface area contributed by atoms with Crippen molar-refractivity contribution < 1.29 is 4.92 Å². The van der Waals surface area contributed by atoms with Crippen LogP contribution >= 0.6 is 0 Å². The lowest BCUT2D eigenvalue weighted by Gasteiger charge is -2.00. The van der Waals surface area contributed by atoms with Gasteiger partial charge in [-0.1, -0.05) is 13.3 Å². The molecule has 1 aromatic heterocycles. The zero-order valence-electron chi connectivity index (χ0n) is 10.1. The molecule has 6 heteroatoms. The van der Waals surface area contributed by atoms with Crippen LogP contribution in [0.5, 0.6) is 0 Å². The van der Waals surface area contributed by atoms with E-state index in [9.17, 15) is 10.1 Å². The van der Waals surface area contributed by atoms with Crippen molar-refractivity contribution in [2.75, 3.05) is 0 Å². The second kappa shape index (κ2) is 5.39. The van der Waals surface area contributed by atoms with Crippen LogP contribution in [-0.2, 0) is 6.42 Å². The molecule has 0 spiro atoms. The molecule has 1 aromatic carbocycles. The standard InChI is InChI=1S/C12H14N4O2/c1-2-3-4-11-12(14-15-13-11)9-5-7-10(8-6-9)16(17)18/h5-8H,2-4H2,1H3,(H,13,14,15). The number of benzene rings is 1. The van der Waals surface area contributed by atoms with Gasteiger partial charge in [-0.25, -0.2) is 0 Å². The second-order valence-electron chi connectivity index (χ2n) is 4.03. The Morgan fingerprint density at radius 1 is 1.28 bits per heavy atom. The van der Waals surface area contributed by atoms with Gasteiger partial charge in [0.15, 0.2) is 0 Å². The number of aryl methyl sites for hydroxylation is 1. The summed E-state index contributed by atoms with van der Waals surface area (Å²) in [4.78, 5) is 10.2. The summed E-state index contributed by atoms with van der Waals surface area (Å²) < 4.78 is 0. The summed E-state index contributed by atoms with van der Waals surface area (Å²) in [5.74, 6) is 0. The van der Waals surface area contributed by atoms with Gasteiger partial charge in [-0.3, -0.25) is 10.1 Å². The summed E-state index contributed by atoms with van der Waals surface area (Å²) in [5.41, 5.74) is 2.61. The molecule has 1 N–H and O–H groups in total. The molecule has 0 saturated carbocycles. The van der Waals surface area contributed by atoms with Gasteiger partial charge in [0.05, 0.1) is 10.6 Å². The quantitative estimate of drug-likeness (QED) is 0.649. The number of nitrogens with one attached hydrogen (secondary N) is 1. The number of aromatic nitrogens is 3. The highest BCUT2D eigenvalue weighted by Crippen LogP contribution is 2.23. The molecule has 0 aliphatic carbocycles. The summed E-state index contributed by atoms with van der Waals surface area (Å²) in [6.45, 7) is 2.12. The van der Waals surface area contributed by atoms with E-state index >= 15 is 0 Å². The Hall–Kier alpha value is -2.24. The van der Waals surface area contributed by atoms with Crippen LogP contribution in [0.15, 0.2) is 24.3 Å². The van der Waals surface area contributed by atoms with Gasteiger partial charge in [0.25, 0.3) is 5.69 Å². The predicted molar refractivity (Wildman–Crippen MR) is 67.1 cm³/mol. The number of rotatable bonds is 5. The molecule has 0 fully saturated rings. The zero-order valence-corrected chi connectivity index (χ0v) is 10.1. The number of hydrogen-bond acceptors (Lipinski definition) is 4. The molecule has 0 amide bonds. The first-order valence-electron chi connectivity index (χ1n) is 5.87. The minimum absolute atomic E-state index is 0.0809. The Bertz CT molecular complexity index is 533. The van der Waals surface area contributed by atoms with E-state index in [2.05, 4.69) is 22.3 Å². The Balaban J connectivity index is 2.25. The van der Waals surface area contributed by atoms with Gasteiger partial charge in [-0.15, -0.1) is 0 Å². The number of unbranched alkanes of at least 4 members (excludes halogenated alkanes) is 1. The molecular formula is C12H14N4O2. The summed E-state index contributed by atoms with van der Waals surface area (Å²) in [7, 11) is 0. The molecule has 18 heavy (non-hydrogen) atoms. The number of nitro benzene ring substituents is 1. The number of H-pyrrole nitrogens is 1. The Morgan fingerprint density at radius 2 is 2.00 bits per heavy atom. The van der Waals surface area contributed by atoms with Crippen molar-refractivity contribution in [2.45, 2.75) is 26.2 Å². The van der Waals surface area contributed by atoms with Gasteiger partial charge in [0.2, 0.25) is 0 Å². The second-order valence-corrected chi connectivity index (χ2v) is 4.03. The highest BCUT2D eigenvalue weighted by molar-refractivity contribution is 5.62. The van der Waals surface area contributed by atoms with Crippen molar-refractivity contribution in [3.8, 4) is 11.3 Å². The highest BCUT2D eigenvalue weighted by Gasteiger charge is 2.11. The maximum absolute atomic E-state index is 10.6. The first kappa shape index (κ1) is 12.2. The van der Waals surface area contributed by atoms with Crippen molar-refractivity contribution in [2.24, 2.45) is 0 Å². The molecule has 2 rings (SSSR count). The van der Waals surface area contributed by atoms with E-state index in [1.807, 2.05) is 0 Å². The molecule has 2 aromatic rings. The van der Waals surface area contributed by atoms with Crippen LogP contribution in [0.2, 0.25) is 0 Å². The van der Waals surface area contributed by atoms with Crippen molar-refractivity contribution in [1.82, 2.24) is 15.4 Å². The average molecular weight is 246 g/mol. The van der Waals surface area contributed by atoms with Crippen LogP contribution in [0.3, 0.4) is 0 Å². The molecule has 0 atom stereocenters. The van der Waals surface area contributed by atoms with E-state index < -0.39 is 4.92 Å².